The average Bonchev–Trinajstić information content (AvgIpc) is 3.30. The van der Waals surface area contributed by atoms with E-state index in [1.54, 1.807) is 18.2 Å². The van der Waals surface area contributed by atoms with Crippen LogP contribution in [0.25, 0.3) is 0 Å². The SMILES string of the molecule is Cc1ccccc1Nc1nnc(SCC(=O)c2ccc3c(c2)OCO3)s1. The molecule has 0 unspecified atom stereocenters. The molecule has 8 heteroatoms. The average molecular weight is 385 g/mol. The van der Waals surface area contributed by atoms with Crippen molar-refractivity contribution in [3.05, 3.63) is 53.6 Å². The van der Waals surface area contributed by atoms with Gasteiger partial charge >= 0.3 is 0 Å². The molecule has 0 atom stereocenters. The molecule has 2 heterocycles. The second-order valence-corrected chi connectivity index (χ2v) is 7.79. The standard InChI is InChI=1S/C18H15N3O3S2/c1-11-4-2-3-5-13(11)19-17-20-21-18(26-17)25-9-14(22)12-6-7-15-16(8-12)24-10-23-15/h2-8H,9-10H2,1H3,(H,19,20). The van der Waals surface area contributed by atoms with Crippen molar-refractivity contribution in [1.29, 1.82) is 0 Å². The van der Waals surface area contributed by atoms with Gasteiger partial charge in [0.1, 0.15) is 0 Å². The van der Waals surface area contributed by atoms with Crippen LogP contribution in [0.15, 0.2) is 46.8 Å². The number of Topliss-reactive ketones (excluding diaryl/α,β-unsaturated/α-hetero) is 1. The number of nitrogens with zero attached hydrogens (tertiary/aromatic N) is 2. The predicted molar refractivity (Wildman–Crippen MR) is 102 cm³/mol. The molecule has 0 spiro atoms. The number of nitrogens with one attached hydrogen (secondary N) is 1. The van der Waals surface area contributed by atoms with Crippen molar-refractivity contribution in [1.82, 2.24) is 10.2 Å². The fraction of sp³-hybridized carbons (Fsp3) is 0.167. The molecule has 1 N–H and O–H groups in total. The summed E-state index contributed by atoms with van der Waals surface area (Å²) in [6.07, 6.45) is 0. The van der Waals surface area contributed by atoms with Crippen LogP contribution in [0.1, 0.15) is 15.9 Å². The number of hydrogen-bond acceptors (Lipinski definition) is 8. The van der Waals surface area contributed by atoms with E-state index in [0.717, 1.165) is 15.6 Å². The fourth-order valence-electron chi connectivity index (χ4n) is 2.43. The van der Waals surface area contributed by atoms with E-state index >= 15 is 0 Å². The number of ether oxygens (including phenoxy) is 2. The Balaban J connectivity index is 1.37. The van der Waals surface area contributed by atoms with E-state index in [1.165, 1.54) is 23.1 Å². The normalized spacial score (nSPS) is 12.2. The van der Waals surface area contributed by atoms with Crippen LogP contribution in [-0.2, 0) is 0 Å². The molecule has 3 aromatic rings. The quantitative estimate of drug-likeness (QED) is 0.501. The second kappa shape index (κ2) is 7.35. The molecular weight excluding hydrogens is 370 g/mol. The zero-order valence-electron chi connectivity index (χ0n) is 13.9. The number of benzene rings is 2. The van der Waals surface area contributed by atoms with Crippen molar-refractivity contribution in [3.8, 4) is 11.5 Å². The van der Waals surface area contributed by atoms with E-state index in [0.29, 0.717) is 27.9 Å². The molecule has 2 aromatic carbocycles. The number of carbonyl (C=O) groups excluding carboxylic acids is 1. The highest BCUT2D eigenvalue weighted by Gasteiger charge is 2.17. The van der Waals surface area contributed by atoms with Gasteiger partial charge in [-0.3, -0.25) is 4.79 Å². The Bertz CT molecular complexity index is 958. The molecule has 0 fully saturated rings. The monoisotopic (exact) mass is 385 g/mol. The summed E-state index contributed by atoms with van der Waals surface area (Å²) in [7, 11) is 0. The highest BCUT2D eigenvalue weighted by molar-refractivity contribution is 8.01. The zero-order chi connectivity index (χ0) is 17.9. The lowest BCUT2D eigenvalue weighted by molar-refractivity contribution is 0.102. The van der Waals surface area contributed by atoms with E-state index in [4.69, 9.17) is 9.47 Å². The third-order valence-corrected chi connectivity index (χ3v) is 5.79. The first kappa shape index (κ1) is 16.9. The van der Waals surface area contributed by atoms with Crippen molar-refractivity contribution in [3.63, 3.8) is 0 Å². The van der Waals surface area contributed by atoms with Crippen molar-refractivity contribution in [2.24, 2.45) is 0 Å². The number of thioether (sulfide) groups is 1. The van der Waals surface area contributed by atoms with Gasteiger partial charge in [0.15, 0.2) is 21.6 Å². The molecular formula is C18H15N3O3S2. The maximum Gasteiger partial charge on any atom is 0.231 e. The van der Waals surface area contributed by atoms with Crippen LogP contribution in [0.5, 0.6) is 11.5 Å². The van der Waals surface area contributed by atoms with Crippen LogP contribution in [0.2, 0.25) is 0 Å². The van der Waals surface area contributed by atoms with Crippen LogP contribution in [-0.4, -0.2) is 28.5 Å². The Morgan fingerprint density at radius 1 is 1.19 bits per heavy atom. The minimum Gasteiger partial charge on any atom is -0.454 e. The number of carbonyl (C=O) groups is 1. The Labute approximate surface area is 158 Å². The summed E-state index contributed by atoms with van der Waals surface area (Å²) >= 11 is 2.80. The largest absolute Gasteiger partial charge is 0.454 e. The van der Waals surface area contributed by atoms with Crippen molar-refractivity contribution in [2.45, 2.75) is 11.3 Å². The molecule has 6 nitrogen and oxygen atoms in total. The molecule has 0 bridgehead atoms. The van der Waals surface area contributed by atoms with Crippen LogP contribution in [0.3, 0.4) is 0 Å². The summed E-state index contributed by atoms with van der Waals surface area (Å²) in [6.45, 7) is 2.23. The van der Waals surface area contributed by atoms with Gasteiger partial charge in [-0.05, 0) is 36.8 Å². The molecule has 0 saturated carbocycles. The number of anilines is 2. The molecule has 1 aliphatic heterocycles. The molecule has 0 radical (unpaired) electrons. The maximum absolute atomic E-state index is 12.4. The lowest BCUT2D eigenvalue weighted by Gasteiger charge is -2.04. The first-order chi connectivity index (χ1) is 12.7. The fourth-order valence-corrected chi connectivity index (χ4v) is 4.09. The summed E-state index contributed by atoms with van der Waals surface area (Å²) in [5.74, 6) is 1.59. The van der Waals surface area contributed by atoms with Crippen LogP contribution in [0, 0.1) is 6.92 Å². The number of fused-ring (bicyclic) bond motifs is 1. The summed E-state index contributed by atoms with van der Waals surface area (Å²) in [5, 5.41) is 12.2. The van der Waals surface area contributed by atoms with Crippen molar-refractivity contribution in [2.75, 3.05) is 17.9 Å². The van der Waals surface area contributed by atoms with Gasteiger partial charge < -0.3 is 14.8 Å². The first-order valence-corrected chi connectivity index (χ1v) is 9.71. The van der Waals surface area contributed by atoms with Crippen LogP contribution in [0.4, 0.5) is 10.8 Å². The van der Waals surface area contributed by atoms with Gasteiger partial charge in [-0.25, -0.2) is 0 Å². The van der Waals surface area contributed by atoms with E-state index in [1.807, 2.05) is 31.2 Å². The van der Waals surface area contributed by atoms with Crippen molar-refractivity contribution < 1.29 is 14.3 Å². The van der Waals surface area contributed by atoms with Gasteiger partial charge in [0.05, 0.1) is 5.75 Å². The van der Waals surface area contributed by atoms with E-state index in [-0.39, 0.29) is 12.6 Å². The number of para-hydroxylation sites is 1. The highest BCUT2D eigenvalue weighted by atomic mass is 32.2. The van der Waals surface area contributed by atoms with Crippen LogP contribution >= 0.6 is 23.1 Å². The van der Waals surface area contributed by atoms with Gasteiger partial charge in [-0.2, -0.15) is 0 Å². The van der Waals surface area contributed by atoms with E-state index in [9.17, 15) is 4.79 Å². The van der Waals surface area contributed by atoms with Gasteiger partial charge in [-0.1, -0.05) is 41.3 Å². The summed E-state index contributed by atoms with van der Waals surface area (Å²) in [5.41, 5.74) is 2.73. The Morgan fingerprint density at radius 3 is 2.92 bits per heavy atom. The molecule has 0 amide bonds. The smallest absolute Gasteiger partial charge is 0.231 e. The van der Waals surface area contributed by atoms with Crippen molar-refractivity contribution >= 4 is 39.7 Å². The van der Waals surface area contributed by atoms with Gasteiger partial charge in [0.25, 0.3) is 0 Å². The van der Waals surface area contributed by atoms with Crippen LogP contribution < -0.4 is 14.8 Å². The van der Waals surface area contributed by atoms with Gasteiger partial charge in [0.2, 0.25) is 11.9 Å². The number of aromatic nitrogens is 2. The zero-order valence-corrected chi connectivity index (χ0v) is 15.5. The molecule has 132 valence electrons. The Hall–Kier alpha value is -2.58. The highest BCUT2D eigenvalue weighted by Crippen LogP contribution is 2.33. The minimum absolute atomic E-state index is 0.0110. The summed E-state index contributed by atoms with van der Waals surface area (Å²) < 4.78 is 11.3. The second-order valence-electron chi connectivity index (χ2n) is 5.59. The molecule has 0 aliphatic carbocycles. The number of aryl methyl sites for hydroxylation is 1. The maximum atomic E-state index is 12.4. The third kappa shape index (κ3) is 3.66. The topological polar surface area (TPSA) is 73.3 Å². The van der Waals surface area contributed by atoms with Gasteiger partial charge in [0, 0.05) is 11.3 Å². The van der Waals surface area contributed by atoms with E-state index < -0.39 is 0 Å². The molecule has 0 saturated heterocycles. The van der Waals surface area contributed by atoms with E-state index in [2.05, 4.69) is 15.5 Å². The van der Waals surface area contributed by atoms with Gasteiger partial charge in [-0.15, -0.1) is 10.2 Å². The number of hydrogen-bond donors (Lipinski definition) is 1. The predicted octanol–water partition coefficient (Wildman–Crippen LogP) is 4.29. The Kier molecular flexibility index (Phi) is 4.77. The molecule has 4 rings (SSSR count). The number of ketones is 1. The summed E-state index contributed by atoms with van der Waals surface area (Å²) in [4.78, 5) is 12.4. The minimum atomic E-state index is 0.0110. The number of rotatable bonds is 6. The molecule has 26 heavy (non-hydrogen) atoms. The lowest BCUT2D eigenvalue weighted by Crippen LogP contribution is -2.02. The Morgan fingerprint density at radius 2 is 2.04 bits per heavy atom. The first-order valence-electron chi connectivity index (χ1n) is 7.91. The molecule has 1 aromatic heterocycles. The third-order valence-electron chi connectivity index (χ3n) is 3.81. The lowest BCUT2D eigenvalue weighted by atomic mass is 10.1. The molecule has 1 aliphatic rings. The summed E-state index contributed by atoms with van der Waals surface area (Å²) in [6, 6.07) is 13.2.